The van der Waals surface area contributed by atoms with Crippen LogP contribution in [-0.2, 0) is 9.53 Å². The first-order valence-corrected chi connectivity index (χ1v) is 6.83. The Bertz CT molecular complexity index is 474. The molecule has 20 heavy (non-hydrogen) atoms. The topological polar surface area (TPSA) is 47.6 Å². The summed E-state index contributed by atoms with van der Waals surface area (Å²) in [6.45, 7) is 2.14. The standard InChI is InChI=1S/C15H20FNO3/c1-10-3-6-12(16)14(9-10)20-8-7-13(15(18)19-2)17-11-4-5-11/h3,6,9,11,13,17H,4-5,7-8H2,1-2H3. The van der Waals surface area contributed by atoms with E-state index in [0.717, 1.165) is 18.4 Å². The van der Waals surface area contributed by atoms with Gasteiger partial charge in [0.25, 0.3) is 0 Å². The monoisotopic (exact) mass is 281 g/mol. The van der Waals surface area contributed by atoms with Crippen molar-refractivity contribution in [3.8, 4) is 5.75 Å². The lowest BCUT2D eigenvalue weighted by atomic mass is 10.2. The van der Waals surface area contributed by atoms with Gasteiger partial charge in [0.15, 0.2) is 11.6 Å². The van der Waals surface area contributed by atoms with E-state index in [1.165, 1.54) is 13.2 Å². The fraction of sp³-hybridized carbons (Fsp3) is 0.533. The fourth-order valence-electron chi connectivity index (χ4n) is 1.95. The molecule has 1 saturated carbocycles. The third-order valence-electron chi connectivity index (χ3n) is 3.25. The molecule has 1 N–H and O–H groups in total. The van der Waals surface area contributed by atoms with Gasteiger partial charge in [0.2, 0.25) is 0 Å². The summed E-state index contributed by atoms with van der Waals surface area (Å²) in [5.41, 5.74) is 0.932. The second kappa shape index (κ2) is 6.70. The van der Waals surface area contributed by atoms with E-state index in [0.29, 0.717) is 12.5 Å². The fourth-order valence-corrected chi connectivity index (χ4v) is 1.95. The molecule has 0 bridgehead atoms. The number of rotatable bonds is 7. The molecule has 1 unspecified atom stereocenters. The van der Waals surface area contributed by atoms with Crippen LogP contribution in [0.1, 0.15) is 24.8 Å². The molecule has 0 heterocycles. The average Bonchev–Trinajstić information content (AvgIpc) is 3.24. The van der Waals surface area contributed by atoms with Crippen LogP contribution in [0.15, 0.2) is 18.2 Å². The highest BCUT2D eigenvalue weighted by Gasteiger charge is 2.28. The SMILES string of the molecule is COC(=O)C(CCOc1cc(C)ccc1F)NC1CC1. The van der Waals surface area contributed by atoms with E-state index < -0.39 is 0 Å². The third-order valence-corrected chi connectivity index (χ3v) is 3.25. The molecule has 1 aliphatic carbocycles. The number of hydrogen-bond donors (Lipinski definition) is 1. The summed E-state index contributed by atoms with van der Waals surface area (Å²) < 4.78 is 23.7. The van der Waals surface area contributed by atoms with Crippen LogP contribution in [0.25, 0.3) is 0 Å². The van der Waals surface area contributed by atoms with Gasteiger partial charge in [0, 0.05) is 12.5 Å². The van der Waals surface area contributed by atoms with Crippen LogP contribution in [0.2, 0.25) is 0 Å². The third kappa shape index (κ3) is 4.20. The highest BCUT2D eigenvalue weighted by atomic mass is 19.1. The van der Waals surface area contributed by atoms with Crippen LogP contribution in [-0.4, -0.2) is 31.8 Å². The Kier molecular flexibility index (Phi) is 4.95. The summed E-state index contributed by atoms with van der Waals surface area (Å²) in [6, 6.07) is 4.73. The Hall–Kier alpha value is -1.62. The summed E-state index contributed by atoms with van der Waals surface area (Å²) in [7, 11) is 1.37. The van der Waals surface area contributed by atoms with E-state index in [1.54, 1.807) is 12.1 Å². The van der Waals surface area contributed by atoms with E-state index in [2.05, 4.69) is 5.32 Å². The normalized spacial score (nSPS) is 15.8. The summed E-state index contributed by atoms with van der Waals surface area (Å²) >= 11 is 0. The summed E-state index contributed by atoms with van der Waals surface area (Å²) in [5.74, 6) is -0.467. The summed E-state index contributed by atoms with van der Waals surface area (Å²) in [5, 5.41) is 3.21. The van der Waals surface area contributed by atoms with Crippen molar-refractivity contribution in [3.05, 3.63) is 29.6 Å². The Labute approximate surface area is 118 Å². The Balaban J connectivity index is 1.85. The quantitative estimate of drug-likeness (QED) is 0.778. The lowest BCUT2D eigenvalue weighted by Gasteiger charge is -2.16. The molecule has 2 rings (SSSR count). The van der Waals surface area contributed by atoms with Gasteiger partial charge < -0.3 is 14.8 Å². The highest BCUT2D eigenvalue weighted by Crippen LogP contribution is 2.21. The molecule has 0 amide bonds. The number of carbonyl (C=O) groups excluding carboxylic acids is 1. The van der Waals surface area contributed by atoms with Crippen LogP contribution < -0.4 is 10.1 Å². The van der Waals surface area contributed by atoms with Crippen molar-refractivity contribution in [2.45, 2.75) is 38.3 Å². The van der Waals surface area contributed by atoms with E-state index in [-0.39, 0.29) is 30.2 Å². The first-order chi connectivity index (χ1) is 9.60. The van der Waals surface area contributed by atoms with Gasteiger partial charge in [0.1, 0.15) is 6.04 Å². The molecule has 1 atom stereocenters. The molecule has 0 spiro atoms. The number of benzene rings is 1. The number of aryl methyl sites for hydroxylation is 1. The zero-order valence-electron chi connectivity index (χ0n) is 11.8. The molecular weight excluding hydrogens is 261 g/mol. The van der Waals surface area contributed by atoms with Gasteiger partial charge in [-0.15, -0.1) is 0 Å². The van der Waals surface area contributed by atoms with Crippen LogP contribution >= 0.6 is 0 Å². The number of ether oxygens (including phenoxy) is 2. The zero-order valence-corrected chi connectivity index (χ0v) is 11.8. The highest BCUT2D eigenvalue weighted by molar-refractivity contribution is 5.75. The number of hydrogen-bond acceptors (Lipinski definition) is 4. The van der Waals surface area contributed by atoms with E-state index in [9.17, 15) is 9.18 Å². The summed E-state index contributed by atoms with van der Waals surface area (Å²) in [6.07, 6.45) is 2.62. The maximum absolute atomic E-state index is 13.5. The lowest BCUT2D eigenvalue weighted by Crippen LogP contribution is -2.40. The number of halogens is 1. The number of carbonyl (C=O) groups is 1. The minimum absolute atomic E-state index is 0.222. The molecule has 5 heteroatoms. The molecule has 0 radical (unpaired) electrons. The van der Waals surface area contributed by atoms with Gasteiger partial charge in [-0.05, 0) is 37.5 Å². The van der Waals surface area contributed by atoms with Gasteiger partial charge in [-0.1, -0.05) is 6.07 Å². The molecule has 0 saturated heterocycles. The minimum Gasteiger partial charge on any atom is -0.490 e. The van der Waals surface area contributed by atoms with Crippen molar-refractivity contribution in [2.24, 2.45) is 0 Å². The Morgan fingerprint density at radius 3 is 2.90 bits per heavy atom. The van der Waals surface area contributed by atoms with Crippen molar-refractivity contribution in [1.29, 1.82) is 0 Å². The minimum atomic E-state index is -0.389. The summed E-state index contributed by atoms with van der Waals surface area (Å²) in [4.78, 5) is 11.6. The predicted molar refractivity (Wildman–Crippen MR) is 73.2 cm³/mol. The van der Waals surface area contributed by atoms with Gasteiger partial charge in [-0.2, -0.15) is 0 Å². The second-order valence-corrected chi connectivity index (χ2v) is 5.09. The lowest BCUT2D eigenvalue weighted by molar-refractivity contribution is -0.143. The van der Waals surface area contributed by atoms with Crippen molar-refractivity contribution in [3.63, 3.8) is 0 Å². The van der Waals surface area contributed by atoms with Gasteiger partial charge >= 0.3 is 5.97 Å². The van der Waals surface area contributed by atoms with Gasteiger partial charge in [0.05, 0.1) is 13.7 Å². The van der Waals surface area contributed by atoms with E-state index >= 15 is 0 Å². The van der Waals surface area contributed by atoms with Crippen molar-refractivity contribution in [1.82, 2.24) is 5.32 Å². The second-order valence-electron chi connectivity index (χ2n) is 5.09. The molecule has 1 fully saturated rings. The van der Waals surface area contributed by atoms with Crippen molar-refractivity contribution < 1.29 is 18.7 Å². The van der Waals surface area contributed by atoms with Gasteiger partial charge in [-0.3, -0.25) is 4.79 Å². The molecule has 0 aromatic heterocycles. The van der Waals surface area contributed by atoms with Crippen LogP contribution in [0, 0.1) is 12.7 Å². The van der Waals surface area contributed by atoms with Crippen molar-refractivity contribution in [2.75, 3.05) is 13.7 Å². The number of methoxy groups -OCH3 is 1. The largest absolute Gasteiger partial charge is 0.490 e. The molecule has 0 aliphatic heterocycles. The Morgan fingerprint density at radius 1 is 1.50 bits per heavy atom. The number of esters is 1. The van der Waals surface area contributed by atoms with E-state index in [4.69, 9.17) is 9.47 Å². The molecule has 1 aromatic rings. The maximum atomic E-state index is 13.5. The average molecular weight is 281 g/mol. The molecular formula is C15H20FNO3. The van der Waals surface area contributed by atoms with E-state index in [1.807, 2.05) is 6.92 Å². The Morgan fingerprint density at radius 2 is 2.25 bits per heavy atom. The maximum Gasteiger partial charge on any atom is 0.322 e. The predicted octanol–water partition coefficient (Wildman–Crippen LogP) is 2.20. The molecule has 110 valence electrons. The van der Waals surface area contributed by atoms with Gasteiger partial charge in [-0.25, -0.2) is 4.39 Å². The molecule has 1 aromatic carbocycles. The van der Waals surface area contributed by atoms with Crippen molar-refractivity contribution >= 4 is 5.97 Å². The first-order valence-electron chi connectivity index (χ1n) is 6.83. The zero-order chi connectivity index (χ0) is 14.5. The van der Waals surface area contributed by atoms with Crippen LogP contribution in [0.5, 0.6) is 5.75 Å². The smallest absolute Gasteiger partial charge is 0.322 e. The van der Waals surface area contributed by atoms with Crippen LogP contribution in [0.4, 0.5) is 4.39 Å². The van der Waals surface area contributed by atoms with Crippen LogP contribution in [0.3, 0.4) is 0 Å². The number of nitrogens with one attached hydrogen (secondary N) is 1. The molecule has 1 aliphatic rings. The molecule has 4 nitrogen and oxygen atoms in total. The first kappa shape index (κ1) is 14.8.